The fraction of sp³-hybridized carbons (Fsp3) is 0.217. The van der Waals surface area contributed by atoms with Crippen LogP contribution in [0.3, 0.4) is 0 Å². The van der Waals surface area contributed by atoms with E-state index in [1.165, 1.54) is 0 Å². The second kappa shape index (κ2) is 8.57. The second-order valence-electron chi connectivity index (χ2n) is 7.02. The average molecular weight is 375 g/mol. The lowest BCUT2D eigenvalue weighted by atomic mass is 10.1. The molecule has 0 aliphatic rings. The molecule has 0 fully saturated rings. The molecule has 1 aromatic heterocycles. The minimum absolute atomic E-state index is 0.0655. The minimum atomic E-state index is -0.198. The number of ether oxygens (including phenoxy) is 1. The Morgan fingerprint density at radius 1 is 1.00 bits per heavy atom. The molecule has 5 nitrogen and oxygen atoms in total. The molecule has 3 aromatic rings. The van der Waals surface area contributed by atoms with Crippen molar-refractivity contribution in [2.75, 3.05) is 10.6 Å². The first kappa shape index (κ1) is 19.4. The predicted molar refractivity (Wildman–Crippen MR) is 114 cm³/mol. The summed E-state index contributed by atoms with van der Waals surface area (Å²) in [7, 11) is 0. The number of hydrogen-bond donors (Lipinski definition) is 2. The second-order valence-corrected chi connectivity index (χ2v) is 7.02. The summed E-state index contributed by atoms with van der Waals surface area (Å²) >= 11 is 0. The van der Waals surface area contributed by atoms with E-state index in [9.17, 15) is 4.79 Å². The van der Waals surface area contributed by atoms with Crippen molar-refractivity contribution in [2.24, 2.45) is 0 Å². The smallest absolute Gasteiger partial charge is 0.257 e. The summed E-state index contributed by atoms with van der Waals surface area (Å²) in [5.74, 6) is 0.555. The van der Waals surface area contributed by atoms with Crippen LogP contribution in [-0.2, 0) is 0 Å². The molecule has 28 heavy (non-hydrogen) atoms. The number of para-hydroxylation sites is 2. The standard InChI is InChI=1S/C23H25N3O2/c1-15(2)28-22-8-6-5-7-20(22)25-19-12-18(13-24-14-19)23(27)26-21-11-16(3)9-10-17(21)4/h5-15,25H,1-4H3,(H,26,27). The molecule has 0 unspecified atom stereocenters. The van der Waals surface area contributed by atoms with Crippen molar-refractivity contribution in [1.29, 1.82) is 0 Å². The number of amides is 1. The van der Waals surface area contributed by atoms with Crippen LogP contribution in [0.15, 0.2) is 60.9 Å². The Morgan fingerprint density at radius 3 is 2.57 bits per heavy atom. The van der Waals surface area contributed by atoms with Gasteiger partial charge in [-0.3, -0.25) is 9.78 Å². The van der Waals surface area contributed by atoms with Crippen molar-refractivity contribution < 1.29 is 9.53 Å². The highest BCUT2D eigenvalue weighted by atomic mass is 16.5. The normalized spacial score (nSPS) is 10.6. The van der Waals surface area contributed by atoms with Crippen LogP contribution in [0.1, 0.15) is 35.3 Å². The summed E-state index contributed by atoms with van der Waals surface area (Å²) in [4.78, 5) is 16.9. The number of benzene rings is 2. The zero-order valence-corrected chi connectivity index (χ0v) is 16.6. The number of nitrogens with one attached hydrogen (secondary N) is 2. The molecule has 0 atom stereocenters. The van der Waals surface area contributed by atoms with Crippen LogP contribution in [0, 0.1) is 13.8 Å². The molecule has 0 bridgehead atoms. The van der Waals surface area contributed by atoms with E-state index in [-0.39, 0.29) is 12.0 Å². The molecule has 0 aliphatic carbocycles. The fourth-order valence-electron chi connectivity index (χ4n) is 2.78. The predicted octanol–water partition coefficient (Wildman–Crippen LogP) is 5.48. The van der Waals surface area contributed by atoms with Gasteiger partial charge in [-0.25, -0.2) is 0 Å². The van der Waals surface area contributed by atoms with Crippen molar-refractivity contribution in [1.82, 2.24) is 4.98 Å². The molecule has 1 amide bonds. The summed E-state index contributed by atoms with van der Waals surface area (Å²) in [6.45, 7) is 7.93. The topological polar surface area (TPSA) is 63.2 Å². The van der Waals surface area contributed by atoms with Gasteiger partial charge in [-0.1, -0.05) is 24.3 Å². The quantitative estimate of drug-likeness (QED) is 0.599. The van der Waals surface area contributed by atoms with E-state index >= 15 is 0 Å². The van der Waals surface area contributed by atoms with Gasteiger partial charge in [0.2, 0.25) is 0 Å². The maximum Gasteiger partial charge on any atom is 0.257 e. The van der Waals surface area contributed by atoms with Gasteiger partial charge in [-0.2, -0.15) is 0 Å². The first-order valence-corrected chi connectivity index (χ1v) is 9.29. The zero-order chi connectivity index (χ0) is 20.1. The van der Waals surface area contributed by atoms with Crippen molar-refractivity contribution >= 4 is 23.0 Å². The monoisotopic (exact) mass is 375 g/mol. The van der Waals surface area contributed by atoms with Gasteiger partial charge in [0.15, 0.2) is 0 Å². The van der Waals surface area contributed by atoms with E-state index in [1.807, 2.05) is 70.2 Å². The number of carbonyl (C=O) groups excluding carboxylic acids is 1. The number of nitrogens with zero attached hydrogens (tertiary/aromatic N) is 1. The van der Waals surface area contributed by atoms with E-state index in [0.29, 0.717) is 11.3 Å². The van der Waals surface area contributed by atoms with E-state index in [4.69, 9.17) is 4.74 Å². The van der Waals surface area contributed by atoms with Crippen LogP contribution < -0.4 is 15.4 Å². The third kappa shape index (κ3) is 4.88. The van der Waals surface area contributed by atoms with Gasteiger partial charge in [-0.15, -0.1) is 0 Å². The molecule has 5 heteroatoms. The number of aryl methyl sites for hydroxylation is 2. The first-order chi connectivity index (χ1) is 13.4. The molecule has 1 heterocycles. The van der Waals surface area contributed by atoms with Gasteiger partial charge in [0.05, 0.1) is 29.2 Å². The Bertz CT molecular complexity index is 983. The van der Waals surface area contributed by atoms with Crippen molar-refractivity contribution in [3.05, 3.63) is 77.6 Å². The van der Waals surface area contributed by atoms with Crippen LogP contribution in [0.2, 0.25) is 0 Å². The SMILES string of the molecule is Cc1ccc(C)c(NC(=O)c2cncc(Nc3ccccc3OC(C)C)c2)c1. The minimum Gasteiger partial charge on any atom is -0.489 e. The summed E-state index contributed by atoms with van der Waals surface area (Å²) in [6.07, 6.45) is 3.30. The number of anilines is 3. The van der Waals surface area contributed by atoms with Gasteiger partial charge in [0, 0.05) is 11.9 Å². The highest BCUT2D eigenvalue weighted by Gasteiger charge is 2.11. The van der Waals surface area contributed by atoms with Gasteiger partial charge in [-0.05, 0) is 63.1 Å². The van der Waals surface area contributed by atoms with Crippen molar-refractivity contribution in [3.8, 4) is 5.75 Å². The number of hydrogen-bond acceptors (Lipinski definition) is 4. The lowest BCUT2D eigenvalue weighted by Gasteiger charge is -2.15. The number of carbonyl (C=O) groups is 1. The Kier molecular flexibility index (Phi) is 5.94. The molecule has 0 saturated heterocycles. The molecular weight excluding hydrogens is 350 g/mol. The number of pyridine rings is 1. The molecule has 144 valence electrons. The van der Waals surface area contributed by atoms with Crippen LogP contribution in [0.25, 0.3) is 0 Å². The van der Waals surface area contributed by atoms with Gasteiger partial charge in [0.1, 0.15) is 5.75 Å². The third-order valence-corrected chi connectivity index (χ3v) is 4.17. The van der Waals surface area contributed by atoms with Crippen LogP contribution in [0.5, 0.6) is 5.75 Å². The van der Waals surface area contributed by atoms with E-state index in [0.717, 1.165) is 28.3 Å². The maximum absolute atomic E-state index is 12.7. The number of rotatable bonds is 6. The molecule has 0 aliphatic heterocycles. The fourth-order valence-corrected chi connectivity index (χ4v) is 2.78. The average Bonchev–Trinajstić information content (AvgIpc) is 2.66. The van der Waals surface area contributed by atoms with Gasteiger partial charge < -0.3 is 15.4 Å². The highest BCUT2D eigenvalue weighted by Crippen LogP contribution is 2.28. The lowest BCUT2D eigenvalue weighted by molar-refractivity contribution is 0.102. The lowest BCUT2D eigenvalue weighted by Crippen LogP contribution is -2.13. The molecule has 0 saturated carbocycles. The molecule has 3 rings (SSSR count). The summed E-state index contributed by atoms with van der Waals surface area (Å²) < 4.78 is 5.84. The Balaban J connectivity index is 1.79. The molecular formula is C23H25N3O2. The van der Waals surface area contributed by atoms with Crippen LogP contribution in [-0.4, -0.2) is 17.0 Å². The summed E-state index contributed by atoms with van der Waals surface area (Å²) in [5, 5.41) is 6.25. The van der Waals surface area contributed by atoms with Crippen LogP contribution in [0.4, 0.5) is 17.1 Å². The zero-order valence-electron chi connectivity index (χ0n) is 16.6. The van der Waals surface area contributed by atoms with Gasteiger partial charge >= 0.3 is 0 Å². The van der Waals surface area contributed by atoms with E-state index in [2.05, 4.69) is 15.6 Å². The Hall–Kier alpha value is -3.34. The van der Waals surface area contributed by atoms with Crippen molar-refractivity contribution in [2.45, 2.75) is 33.8 Å². The Labute approximate surface area is 165 Å². The number of aromatic nitrogens is 1. The van der Waals surface area contributed by atoms with E-state index < -0.39 is 0 Å². The maximum atomic E-state index is 12.7. The summed E-state index contributed by atoms with van der Waals surface area (Å²) in [5.41, 5.74) is 4.93. The molecule has 0 radical (unpaired) electrons. The summed E-state index contributed by atoms with van der Waals surface area (Å²) in [6, 6.07) is 15.4. The first-order valence-electron chi connectivity index (χ1n) is 9.29. The molecule has 2 N–H and O–H groups in total. The molecule has 0 spiro atoms. The Morgan fingerprint density at radius 2 is 1.79 bits per heavy atom. The molecule has 2 aromatic carbocycles. The van der Waals surface area contributed by atoms with Crippen LogP contribution >= 0.6 is 0 Å². The highest BCUT2D eigenvalue weighted by molar-refractivity contribution is 6.05. The van der Waals surface area contributed by atoms with Gasteiger partial charge in [0.25, 0.3) is 5.91 Å². The van der Waals surface area contributed by atoms with E-state index in [1.54, 1.807) is 18.5 Å². The van der Waals surface area contributed by atoms with Crippen molar-refractivity contribution in [3.63, 3.8) is 0 Å². The third-order valence-electron chi connectivity index (χ3n) is 4.17. The largest absolute Gasteiger partial charge is 0.489 e.